The van der Waals surface area contributed by atoms with E-state index in [-0.39, 0.29) is 25.0 Å². The number of anilines is 2. The number of alkyl halides is 2. The summed E-state index contributed by atoms with van der Waals surface area (Å²) < 4.78 is 5.45. The topological polar surface area (TPSA) is 105 Å². The lowest BCUT2D eigenvalue weighted by molar-refractivity contribution is -0.114. The van der Waals surface area contributed by atoms with Crippen molar-refractivity contribution in [3.05, 3.63) is 162 Å². The van der Waals surface area contributed by atoms with Gasteiger partial charge >= 0.3 is 6.09 Å². The van der Waals surface area contributed by atoms with Crippen molar-refractivity contribution in [1.29, 1.82) is 0 Å². The van der Waals surface area contributed by atoms with E-state index in [1.54, 1.807) is 54.6 Å². The van der Waals surface area contributed by atoms with Crippen molar-refractivity contribution in [2.75, 3.05) is 23.3 Å². The van der Waals surface area contributed by atoms with Crippen molar-refractivity contribution in [2.24, 2.45) is 0 Å². The van der Waals surface area contributed by atoms with Gasteiger partial charge in [0, 0.05) is 40.6 Å². The van der Waals surface area contributed by atoms with Crippen LogP contribution in [0, 0.1) is 0 Å². The van der Waals surface area contributed by atoms with E-state index in [1.807, 2.05) is 18.2 Å². The first-order chi connectivity index (χ1) is 26.3. The summed E-state index contributed by atoms with van der Waals surface area (Å²) in [6.45, 7) is 0.213. The Morgan fingerprint density at radius 2 is 1.20 bits per heavy atom. The molecule has 2 N–H and O–H groups in total. The summed E-state index contributed by atoms with van der Waals surface area (Å²) in [5, 5.41) is 10.1. The van der Waals surface area contributed by atoms with Gasteiger partial charge in [0.2, 0.25) is 0 Å². The third kappa shape index (κ3) is 7.46. The Hall–Kier alpha value is -5.53. The van der Waals surface area contributed by atoms with Crippen LogP contribution in [0.5, 0.6) is 0 Å². The van der Waals surface area contributed by atoms with Crippen LogP contribution in [0.15, 0.2) is 146 Å². The van der Waals surface area contributed by atoms with Crippen molar-refractivity contribution in [3.8, 4) is 0 Å². The molecule has 54 heavy (non-hydrogen) atoms. The third-order valence-electron chi connectivity index (χ3n) is 9.48. The molecule has 0 spiro atoms. The van der Waals surface area contributed by atoms with Gasteiger partial charge in [-0.15, -0.1) is 0 Å². The van der Waals surface area contributed by atoms with Crippen molar-refractivity contribution in [2.45, 2.75) is 17.9 Å². The summed E-state index contributed by atoms with van der Waals surface area (Å²) in [5.41, 5.74) is 2.38. The molecule has 0 fully saturated rings. The molecule has 270 valence electrons. The fraction of sp³-hybridized carbons (Fsp3) is 0.116. The molecule has 6 aromatic carbocycles. The Morgan fingerprint density at radius 1 is 0.648 bits per heavy atom. The van der Waals surface area contributed by atoms with Crippen LogP contribution in [0.1, 0.15) is 32.7 Å². The van der Waals surface area contributed by atoms with Gasteiger partial charge < -0.3 is 10.1 Å². The van der Waals surface area contributed by atoms with Crippen molar-refractivity contribution < 1.29 is 23.9 Å². The number of benzene rings is 6. The number of halogens is 2. The first-order valence-electron chi connectivity index (χ1n) is 17.3. The average molecular weight is 776 g/mol. The quantitative estimate of drug-likeness (QED) is 0.0740. The van der Waals surface area contributed by atoms with Gasteiger partial charge in [-0.2, -0.15) is 0 Å². The molecule has 8 nitrogen and oxygen atoms in total. The van der Waals surface area contributed by atoms with Crippen molar-refractivity contribution >= 4 is 92.3 Å². The second-order valence-electron chi connectivity index (χ2n) is 12.7. The molecule has 0 atom stereocenters. The second-order valence-corrected chi connectivity index (χ2v) is 17.4. The number of nitrogens with one attached hydrogen (secondary N) is 2. The molecule has 0 bridgehead atoms. The number of nitrogens with zero attached hydrogens (tertiary/aromatic N) is 1. The van der Waals surface area contributed by atoms with E-state index in [4.69, 9.17) is 27.9 Å². The summed E-state index contributed by atoms with van der Waals surface area (Å²) in [7, 11) is -2.15. The van der Waals surface area contributed by atoms with Crippen LogP contribution in [0.3, 0.4) is 0 Å². The summed E-state index contributed by atoms with van der Waals surface area (Å²) in [6, 6.07) is 46.8. The molecule has 1 aliphatic heterocycles. The number of hydrogen-bond donors (Lipinski definition) is 2. The van der Waals surface area contributed by atoms with E-state index < -0.39 is 24.1 Å². The lowest BCUT2D eigenvalue weighted by Gasteiger charge is -2.30. The predicted molar refractivity (Wildman–Crippen MR) is 218 cm³/mol. The SMILES string of the molecule is O=C(Nc1ccc2c3c(cccc13)C(=O)N(CCC[P+](c1ccccc1)(c1ccccc1)c1ccccc1)C2=O)OCc1ccc(NC(=O)C(Cl)Cl)cc1. The highest BCUT2D eigenvalue weighted by atomic mass is 35.5. The Balaban J connectivity index is 1.08. The fourth-order valence-corrected chi connectivity index (χ4v) is 11.4. The number of amides is 4. The first kappa shape index (κ1) is 36.8. The Labute approximate surface area is 323 Å². The van der Waals surface area contributed by atoms with Gasteiger partial charge in [0.25, 0.3) is 17.7 Å². The van der Waals surface area contributed by atoms with Gasteiger partial charge in [-0.3, -0.25) is 24.6 Å². The number of hydrogen-bond acceptors (Lipinski definition) is 5. The molecule has 7 rings (SSSR count). The highest BCUT2D eigenvalue weighted by molar-refractivity contribution is 7.95. The van der Waals surface area contributed by atoms with E-state index >= 15 is 0 Å². The summed E-state index contributed by atoms with van der Waals surface area (Å²) >= 11 is 11.2. The molecule has 4 amide bonds. The molecular weight excluding hydrogens is 740 g/mol. The zero-order valence-electron chi connectivity index (χ0n) is 29.0. The maximum atomic E-state index is 14.1. The molecule has 0 aliphatic carbocycles. The minimum absolute atomic E-state index is 0.0384. The number of imide groups is 1. The molecule has 0 aromatic heterocycles. The highest BCUT2D eigenvalue weighted by Gasteiger charge is 2.45. The summed E-state index contributed by atoms with van der Waals surface area (Å²) in [6.07, 6.45) is 0.643. The number of ether oxygens (including phenoxy) is 1. The van der Waals surface area contributed by atoms with E-state index in [1.165, 1.54) is 20.8 Å². The number of rotatable bonds is 12. The maximum absolute atomic E-state index is 14.1. The van der Waals surface area contributed by atoms with Crippen LogP contribution in [0.25, 0.3) is 10.8 Å². The molecule has 0 saturated carbocycles. The van der Waals surface area contributed by atoms with Gasteiger partial charge in [-0.05, 0) is 72.3 Å². The van der Waals surface area contributed by atoms with Crippen LogP contribution in [0.4, 0.5) is 16.2 Å². The lowest BCUT2D eigenvalue weighted by atomic mass is 9.93. The van der Waals surface area contributed by atoms with Gasteiger partial charge in [0.05, 0.1) is 11.8 Å². The van der Waals surface area contributed by atoms with Gasteiger partial charge in [0.1, 0.15) is 29.8 Å². The van der Waals surface area contributed by atoms with Crippen LogP contribution in [-0.4, -0.2) is 46.3 Å². The molecule has 0 radical (unpaired) electrons. The third-order valence-corrected chi connectivity index (χ3v) is 14.4. The second kappa shape index (κ2) is 16.2. The lowest BCUT2D eigenvalue weighted by Crippen LogP contribution is -2.42. The Kier molecular flexibility index (Phi) is 11.1. The average Bonchev–Trinajstić information content (AvgIpc) is 3.21. The summed E-state index contributed by atoms with van der Waals surface area (Å²) in [5.74, 6) is -1.28. The standard InChI is InChI=1S/C43H34Cl2N3O5P/c44-39(45)40(49)46-30-22-20-29(21-23-30)28-53-43(52)47-37-25-24-36-38-34(37)18-10-19-35(38)41(50)48(42(36)51)26-11-27-54(31-12-4-1-5-13-31,32-14-6-2-7-15-32)33-16-8-3-9-17-33/h1-10,12-25,39H,11,26-28H2,(H-,46,47,49,50,51,52)/p+1. The van der Waals surface area contributed by atoms with E-state index in [0.29, 0.717) is 45.3 Å². The van der Waals surface area contributed by atoms with Crippen LogP contribution < -0.4 is 26.5 Å². The molecule has 0 unspecified atom stereocenters. The molecular formula is C43H35Cl2N3O5P+. The molecule has 1 heterocycles. The number of carbonyl (C=O) groups excluding carboxylic acids is 4. The first-order valence-corrected chi connectivity index (χ1v) is 20.2. The highest BCUT2D eigenvalue weighted by Crippen LogP contribution is 2.55. The van der Waals surface area contributed by atoms with Gasteiger partial charge in [-0.1, -0.05) is 102 Å². The van der Waals surface area contributed by atoms with E-state index in [9.17, 15) is 19.2 Å². The molecule has 11 heteroatoms. The van der Waals surface area contributed by atoms with E-state index in [0.717, 1.165) is 6.16 Å². The Bertz CT molecular complexity index is 2210. The zero-order valence-corrected chi connectivity index (χ0v) is 31.4. The molecule has 0 saturated heterocycles. The fourth-order valence-electron chi connectivity index (χ4n) is 6.98. The zero-order chi connectivity index (χ0) is 37.7. The smallest absolute Gasteiger partial charge is 0.411 e. The summed E-state index contributed by atoms with van der Waals surface area (Å²) in [4.78, 5) is 52.9. The maximum Gasteiger partial charge on any atom is 0.411 e. The van der Waals surface area contributed by atoms with Gasteiger partial charge in [-0.25, -0.2) is 4.79 Å². The van der Waals surface area contributed by atoms with Crippen molar-refractivity contribution in [1.82, 2.24) is 4.90 Å². The van der Waals surface area contributed by atoms with Crippen LogP contribution in [-0.2, 0) is 16.1 Å². The monoisotopic (exact) mass is 774 g/mol. The van der Waals surface area contributed by atoms with Crippen LogP contribution >= 0.6 is 30.5 Å². The molecule has 1 aliphatic rings. The van der Waals surface area contributed by atoms with Crippen LogP contribution in [0.2, 0.25) is 0 Å². The molecule has 6 aromatic rings. The Morgan fingerprint density at radius 3 is 1.76 bits per heavy atom. The van der Waals surface area contributed by atoms with E-state index in [2.05, 4.69) is 83.4 Å². The van der Waals surface area contributed by atoms with Crippen molar-refractivity contribution in [3.63, 3.8) is 0 Å². The predicted octanol–water partition coefficient (Wildman–Crippen LogP) is 8.31. The number of carbonyl (C=O) groups is 4. The van der Waals surface area contributed by atoms with Gasteiger partial charge in [0.15, 0.2) is 4.84 Å². The largest absolute Gasteiger partial charge is 0.444 e. The normalized spacial score (nSPS) is 12.5. The minimum Gasteiger partial charge on any atom is -0.444 e. The minimum atomic E-state index is -2.15.